The molecule has 1 rings (SSSR count). The summed E-state index contributed by atoms with van der Waals surface area (Å²) in [6.45, 7) is 2.67. The monoisotopic (exact) mass is 309 g/mol. The average Bonchev–Trinajstić information content (AvgIpc) is 2.64. The molecule has 0 fully saturated rings. The van der Waals surface area contributed by atoms with Crippen LogP contribution in [-0.2, 0) is 11.3 Å². The third-order valence-corrected chi connectivity index (χ3v) is 3.80. The number of hydrogen-bond donors (Lipinski definition) is 2. The maximum absolute atomic E-state index is 8.50. The smallest absolute Gasteiger partial charge is 0.188 e. The van der Waals surface area contributed by atoms with Crippen molar-refractivity contribution in [3.8, 4) is 5.06 Å². The van der Waals surface area contributed by atoms with Gasteiger partial charge in [0, 0.05) is 18.0 Å². The van der Waals surface area contributed by atoms with Crippen molar-refractivity contribution in [3.05, 3.63) is 15.4 Å². The van der Waals surface area contributed by atoms with E-state index in [-0.39, 0.29) is 6.61 Å². The maximum atomic E-state index is 8.50. The fourth-order valence-corrected chi connectivity index (χ4v) is 2.81. The summed E-state index contributed by atoms with van der Waals surface area (Å²) in [5.41, 5.74) is 0. The summed E-state index contributed by atoms with van der Waals surface area (Å²) in [6, 6.07) is 2.05. The number of aliphatic hydroxyl groups is 1. The Morgan fingerprint density at radius 3 is 2.94 bits per heavy atom. The van der Waals surface area contributed by atoms with Gasteiger partial charge in [-0.3, -0.25) is 0 Å². The first-order valence-electron chi connectivity index (χ1n) is 4.99. The van der Waals surface area contributed by atoms with Gasteiger partial charge in [-0.05, 0) is 22.0 Å². The maximum Gasteiger partial charge on any atom is 0.188 e. The fraction of sp³-hybridized carbons (Fsp3) is 0.600. The lowest BCUT2D eigenvalue weighted by molar-refractivity contribution is 0.0938. The lowest BCUT2D eigenvalue weighted by atomic mass is 10.4. The second kappa shape index (κ2) is 8.03. The molecule has 0 spiro atoms. The van der Waals surface area contributed by atoms with E-state index in [1.54, 1.807) is 18.4 Å². The third-order valence-electron chi connectivity index (χ3n) is 1.85. The molecule has 0 saturated heterocycles. The van der Waals surface area contributed by atoms with Crippen LogP contribution in [0.25, 0.3) is 0 Å². The molecule has 0 aromatic carbocycles. The van der Waals surface area contributed by atoms with Crippen molar-refractivity contribution >= 4 is 27.3 Å². The Labute approximate surface area is 108 Å². The number of methoxy groups -OCH3 is 1. The minimum absolute atomic E-state index is 0.0784. The van der Waals surface area contributed by atoms with Gasteiger partial charge in [0.15, 0.2) is 5.06 Å². The summed E-state index contributed by atoms with van der Waals surface area (Å²) in [5, 5.41) is 12.6. The van der Waals surface area contributed by atoms with E-state index in [1.807, 2.05) is 6.07 Å². The Hall–Kier alpha value is -0.140. The molecule has 1 aromatic heterocycles. The predicted octanol–water partition coefficient (Wildman–Crippen LogP) is 1.62. The Kier molecular flexibility index (Phi) is 6.98. The number of rotatable bonds is 8. The number of nitrogens with one attached hydrogen (secondary N) is 1. The SMILES string of the molecule is COc1sc(CNCCOCCO)cc1Br. The van der Waals surface area contributed by atoms with Crippen LogP contribution in [0.5, 0.6) is 5.06 Å². The summed E-state index contributed by atoms with van der Waals surface area (Å²) >= 11 is 5.04. The van der Waals surface area contributed by atoms with Crippen LogP contribution in [0.3, 0.4) is 0 Å². The number of halogens is 1. The summed E-state index contributed by atoms with van der Waals surface area (Å²) < 4.78 is 11.3. The average molecular weight is 310 g/mol. The molecule has 0 radical (unpaired) electrons. The summed E-state index contributed by atoms with van der Waals surface area (Å²) in [4.78, 5) is 1.21. The molecular weight excluding hydrogens is 294 g/mol. The Bertz CT molecular complexity index is 306. The van der Waals surface area contributed by atoms with E-state index in [9.17, 15) is 0 Å². The lowest BCUT2D eigenvalue weighted by Gasteiger charge is -2.03. The van der Waals surface area contributed by atoms with Crippen molar-refractivity contribution in [2.45, 2.75) is 6.54 Å². The summed E-state index contributed by atoms with van der Waals surface area (Å²) in [5.74, 6) is 0. The zero-order valence-corrected chi connectivity index (χ0v) is 11.6. The fourth-order valence-electron chi connectivity index (χ4n) is 1.15. The van der Waals surface area contributed by atoms with Crippen LogP contribution in [-0.4, -0.2) is 38.6 Å². The third kappa shape index (κ3) is 4.80. The van der Waals surface area contributed by atoms with E-state index >= 15 is 0 Å². The minimum Gasteiger partial charge on any atom is -0.486 e. The molecule has 0 amide bonds. The molecular formula is C10H16BrNO3S. The van der Waals surface area contributed by atoms with Crippen molar-refractivity contribution < 1.29 is 14.6 Å². The molecule has 0 aliphatic rings. The highest BCUT2D eigenvalue weighted by Gasteiger charge is 2.05. The van der Waals surface area contributed by atoms with E-state index in [0.29, 0.717) is 13.2 Å². The summed E-state index contributed by atoms with van der Waals surface area (Å²) in [7, 11) is 1.66. The molecule has 1 aromatic rings. The number of hydrogen-bond acceptors (Lipinski definition) is 5. The van der Waals surface area contributed by atoms with Gasteiger partial charge in [-0.2, -0.15) is 0 Å². The first kappa shape index (κ1) is 13.9. The second-order valence-corrected chi connectivity index (χ2v) is 5.02. The van der Waals surface area contributed by atoms with Crippen molar-refractivity contribution in [1.82, 2.24) is 5.32 Å². The highest BCUT2D eigenvalue weighted by Crippen LogP contribution is 2.34. The largest absolute Gasteiger partial charge is 0.486 e. The topological polar surface area (TPSA) is 50.7 Å². The molecule has 2 N–H and O–H groups in total. The van der Waals surface area contributed by atoms with Gasteiger partial charge in [-0.15, -0.1) is 11.3 Å². The van der Waals surface area contributed by atoms with E-state index in [0.717, 1.165) is 22.6 Å². The van der Waals surface area contributed by atoms with Crippen LogP contribution in [0.2, 0.25) is 0 Å². The van der Waals surface area contributed by atoms with E-state index in [4.69, 9.17) is 14.6 Å². The highest BCUT2D eigenvalue weighted by molar-refractivity contribution is 9.10. The summed E-state index contributed by atoms with van der Waals surface area (Å²) in [6.07, 6.45) is 0. The van der Waals surface area contributed by atoms with Crippen molar-refractivity contribution in [2.24, 2.45) is 0 Å². The van der Waals surface area contributed by atoms with Crippen molar-refractivity contribution in [2.75, 3.05) is 33.5 Å². The molecule has 0 unspecified atom stereocenters. The van der Waals surface area contributed by atoms with Crippen LogP contribution < -0.4 is 10.1 Å². The van der Waals surface area contributed by atoms with Crippen LogP contribution in [0.1, 0.15) is 4.88 Å². The first-order valence-corrected chi connectivity index (χ1v) is 6.60. The zero-order chi connectivity index (χ0) is 11.8. The van der Waals surface area contributed by atoms with E-state index in [1.165, 1.54) is 4.88 Å². The number of aliphatic hydroxyl groups excluding tert-OH is 1. The van der Waals surface area contributed by atoms with Crippen LogP contribution in [0.4, 0.5) is 0 Å². The van der Waals surface area contributed by atoms with E-state index < -0.39 is 0 Å². The second-order valence-electron chi connectivity index (χ2n) is 3.06. The molecule has 6 heteroatoms. The Morgan fingerprint density at radius 1 is 1.50 bits per heavy atom. The quantitative estimate of drug-likeness (QED) is 0.717. The van der Waals surface area contributed by atoms with Crippen molar-refractivity contribution in [3.63, 3.8) is 0 Å². The molecule has 0 bridgehead atoms. The zero-order valence-electron chi connectivity index (χ0n) is 9.16. The van der Waals surface area contributed by atoms with Gasteiger partial charge in [0.05, 0.1) is 31.4 Å². The van der Waals surface area contributed by atoms with Crippen molar-refractivity contribution in [1.29, 1.82) is 0 Å². The van der Waals surface area contributed by atoms with Crippen LogP contribution >= 0.6 is 27.3 Å². The van der Waals surface area contributed by atoms with Gasteiger partial charge in [0.1, 0.15) is 0 Å². The number of thiophene rings is 1. The van der Waals surface area contributed by atoms with Gasteiger partial charge in [-0.25, -0.2) is 0 Å². The molecule has 4 nitrogen and oxygen atoms in total. The van der Waals surface area contributed by atoms with Crippen LogP contribution in [0.15, 0.2) is 10.5 Å². The van der Waals surface area contributed by atoms with Gasteiger partial charge < -0.3 is 19.9 Å². The molecule has 16 heavy (non-hydrogen) atoms. The highest BCUT2D eigenvalue weighted by atomic mass is 79.9. The minimum atomic E-state index is 0.0784. The lowest BCUT2D eigenvalue weighted by Crippen LogP contribution is -2.19. The van der Waals surface area contributed by atoms with Gasteiger partial charge in [0.2, 0.25) is 0 Å². The normalized spacial score (nSPS) is 10.7. The Morgan fingerprint density at radius 2 is 2.31 bits per heavy atom. The Balaban J connectivity index is 2.16. The first-order chi connectivity index (χ1) is 7.77. The van der Waals surface area contributed by atoms with Gasteiger partial charge in [-0.1, -0.05) is 0 Å². The molecule has 92 valence electrons. The molecule has 0 aliphatic carbocycles. The van der Waals surface area contributed by atoms with E-state index in [2.05, 4.69) is 21.2 Å². The molecule has 0 atom stereocenters. The van der Waals surface area contributed by atoms with Gasteiger partial charge in [0.25, 0.3) is 0 Å². The van der Waals surface area contributed by atoms with Gasteiger partial charge >= 0.3 is 0 Å². The number of ether oxygens (including phenoxy) is 2. The molecule has 1 heterocycles. The van der Waals surface area contributed by atoms with Crippen LogP contribution in [0, 0.1) is 0 Å². The molecule has 0 saturated carbocycles. The molecule has 0 aliphatic heterocycles. The standard InChI is InChI=1S/C10H16BrNO3S/c1-14-10-9(11)6-8(16-10)7-12-2-4-15-5-3-13/h6,12-13H,2-5,7H2,1H3. The predicted molar refractivity (Wildman–Crippen MR) is 68.2 cm³/mol.